The minimum Gasteiger partial charge on any atom is -0.481 e. The van der Waals surface area contributed by atoms with Gasteiger partial charge in [0, 0.05) is 5.54 Å². The zero-order valence-electron chi connectivity index (χ0n) is 16.1. The standard InChI is InChI=1S/C16H28O11Si/c1-5-9(28(25,26)27)10(14(21)22)8(13(19)20)6-16(3,4)11(15(23)24)7(2)12(17)18/h7-11,25-27H,5-6H2,1-4H3,(H,17,18)(H,19,20)(H,21,22)(H,23,24). The Balaban J connectivity index is 6.21. The fourth-order valence-corrected chi connectivity index (χ4v) is 5.23. The normalized spacial score (nSPS) is 17.8. The summed E-state index contributed by atoms with van der Waals surface area (Å²) in [7, 11) is -5.04. The molecular weight excluding hydrogens is 396 g/mol. The molecule has 0 fully saturated rings. The number of rotatable bonds is 12. The summed E-state index contributed by atoms with van der Waals surface area (Å²) in [5, 5.41) is 37.7. The van der Waals surface area contributed by atoms with E-state index in [0.717, 1.165) is 6.92 Å². The minimum atomic E-state index is -5.04. The van der Waals surface area contributed by atoms with Crippen molar-refractivity contribution in [3.63, 3.8) is 0 Å². The van der Waals surface area contributed by atoms with Gasteiger partial charge >= 0.3 is 32.7 Å². The number of carbonyl (C=O) groups is 4. The summed E-state index contributed by atoms with van der Waals surface area (Å²) in [5.41, 5.74) is -3.13. The van der Waals surface area contributed by atoms with E-state index in [4.69, 9.17) is 0 Å². The number of carboxylic acid groups (broad SMARTS) is 4. The molecule has 7 N–H and O–H groups in total. The van der Waals surface area contributed by atoms with Crippen LogP contribution in [0, 0.1) is 29.1 Å². The van der Waals surface area contributed by atoms with E-state index in [1.54, 1.807) is 0 Å². The third-order valence-corrected chi connectivity index (χ3v) is 6.91. The second-order valence-electron chi connectivity index (χ2n) is 7.65. The molecule has 5 unspecified atom stereocenters. The van der Waals surface area contributed by atoms with Gasteiger partial charge in [-0.05, 0) is 18.3 Å². The molecule has 12 heteroatoms. The van der Waals surface area contributed by atoms with Crippen LogP contribution in [0.15, 0.2) is 0 Å². The third kappa shape index (κ3) is 6.26. The number of hydrogen-bond acceptors (Lipinski definition) is 7. The van der Waals surface area contributed by atoms with Crippen molar-refractivity contribution in [2.45, 2.75) is 46.1 Å². The second kappa shape index (κ2) is 9.45. The molecule has 0 saturated carbocycles. The Kier molecular flexibility index (Phi) is 8.77. The van der Waals surface area contributed by atoms with E-state index in [2.05, 4.69) is 0 Å². The summed E-state index contributed by atoms with van der Waals surface area (Å²) < 4.78 is 0. The third-order valence-electron chi connectivity index (χ3n) is 5.15. The SMILES string of the molecule is CCC(C(C(=O)O)C(CC(C)(C)C(C(=O)O)C(C)C(=O)O)C(=O)O)[Si](O)(O)O. The Morgan fingerprint density at radius 3 is 1.57 bits per heavy atom. The lowest BCUT2D eigenvalue weighted by molar-refractivity contribution is -0.162. The molecule has 28 heavy (non-hydrogen) atoms. The van der Waals surface area contributed by atoms with E-state index >= 15 is 0 Å². The maximum atomic E-state index is 11.8. The lowest BCUT2D eigenvalue weighted by Gasteiger charge is -2.38. The average molecular weight is 424 g/mol. The van der Waals surface area contributed by atoms with Gasteiger partial charge in [0.25, 0.3) is 0 Å². The number of carboxylic acids is 4. The van der Waals surface area contributed by atoms with Gasteiger partial charge in [0.05, 0.1) is 23.7 Å². The monoisotopic (exact) mass is 424 g/mol. The molecule has 0 radical (unpaired) electrons. The van der Waals surface area contributed by atoms with Crippen molar-refractivity contribution in [3.05, 3.63) is 0 Å². The predicted octanol–water partition coefficient (Wildman–Crippen LogP) is -0.0782. The zero-order chi connectivity index (χ0) is 22.6. The summed E-state index contributed by atoms with van der Waals surface area (Å²) >= 11 is 0. The van der Waals surface area contributed by atoms with E-state index in [1.807, 2.05) is 0 Å². The van der Waals surface area contributed by atoms with Crippen LogP contribution < -0.4 is 0 Å². The van der Waals surface area contributed by atoms with E-state index in [9.17, 15) is 54.0 Å². The first-order valence-electron chi connectivity index (χ1n) is 8.57. The van der Waals surface area contributed by atoms with E-state index in [0.29, 0.717) is 0 Å². The van der Waals surface area contributed by atoms with Crippen molar-refractivity contribution in [2.24, 2.45) is 29.1 Å². The van der Waals surface area contributed by atoms with Gasteiger partial charge in [-0.1, -0.05) is 27.7 Å². The summed E-state index contributed by atoms with van der Waals surface area (Å²) in [6.07, 6.45) is -0.820. The van der Waals surface area contributed by atoms with Gasteiger partial charge in [-0.25, -0.2) is 0 Å². The molecule has 0 aliphatic rings. The average Bonchev–Trinajstić information content (AvgIpc) is 2.47. The molecular formula is C16H28O11Si. The molecule has 0 aromatic heterocycles. The smallest absolute Gasteiger partial charge is 0.481 e. The van der Waals surface area contributed by atoms with E-state index in [1.165, 1.54) is 20.8 Å². The molecule has 0 saturated heterocycles. The van der Waals surface area contributed by atoms with Gasteiger partial charge in [0.15, 0.2) is 0 Å². The van der Waals surface area contributed by atoms with Gasteiger partial charge in [-0.3, -0.25) is 19.2 Å². The molecule has 0 rings (SSSR count). The Morgan fingerprint density at radius 1 is 0.857 bits per heavy atom. The summed E-state index contributed by atoms with van der Waals surface area (Å²) in [6.45, 7) is 5.11. The Hall–Kier alpha value is -2.02. The largest absolute Gasteiger partial charge is 0.496 e. The van der Waals surface area contributed by atoms with Gasteiger partial charge in [0.1, 0.15) is 0 Å². The highest BCUT2D eigenvalue weighted by Gasteiger charge is 2.53. The van der Waals surface area contributed by atoms with Gasteiger partial charge < -0.3 is 34.8 Å². The topological polar surface area (TPSA) is 210 Å². The zero-order valence-corrected chi connectivity index (χ0v) is 17.1. The first-order chi connectivity index (χ1) is 12.5. The minimum absolute atomic E-state index is 0.245. The highest BCUT2D eigenvalue weighted by atomic mass is 28.4. The molecule has 0 aliphatic carbocycles. The molecule has 162 valence electrons. The van der Waals surface area contributed by atoms with E-state index < -0.39 is 73.7 Å². The molecule has 0 aliphatic heterocycles. The summed E-state index contributed by atoms with van der Waals surface area (Å²) in [4.78, 5) is 75.3. The maximum Gasteiger partial charge on any atom is 0.496 e. The van der Waals surface area contributed by atoms with Crippen LogP contribution in [0.3, 0.4) is 0 Å². The van der Waals surface area contributed by atoms with Crippen LogP contribution in [0.5, 0.6) is 0 Å². The Bertz CT molecular complexity index is 610. The van der Waals surface area contributed by atoms with Gasteiger partial charge in [-0.15, -0.1) is 0 Å². The quantitative estimate of drug-likeness (QED) is 0.206. The van der Waals surface area contributed by atoms with Gasteiger partial charge in [-0.2, -0.15) is 0 Å². The van der Waals surface area contributed by atoms with Crippen molar-refractivity contribution in [1.29, 1.82) is 0 Å². The molecule has 11 nitrogen and oxygen atoms in total. The van der Waals surface area contributed by atoms with E-state index in [-0.39, 0.29) is 6.42 Å². The predicted molar refractivity (Wildman–Crippen MR) is 95.0 cm³/mol. The van der Waals surface area contributed by atoms with Crippen LogP contribution >= 0.6 is 0 Å². The fourth-order valence-electron chi connectivity index (χ4n) is 3.82. The van der Waals surface area contributed by atoms with Gasteiger partial charge in [0.2, 0.25) is 0 Å². The first kappa shape index (κ1) is 26.0. The molecule has 0 spiro atoms. The second-order valence-corrected chi connectivity index (χ2v) is 9.76. The highest BCUT2D eigenvalue weighted by molar-refractivity contribution is 6.58. The van der Waals surface area contributed by atoms with Crippen molar-refractivity contribution in [2.75, 3.05) is 0 Å². The molecule has 5 atom stereocenters. The molecule has 0 heterocycles. The van der Waals surface area contributed by atoms with Crippen molar-refractivity contribution in [3.8, 4) is 0 Å². The summed E-state index contributed by atoms with van der Waals surface area (Å²) in [5.74, 6) is -12.9. The molecule has 0 bridgehead atoms. The van der Waals surface area contributed by atoms with Crippen LogP contribution in [0.2, 0.25) is 5.54 Å². The first-order valence-corrected chi connectivity index (χ1v) is 10.5. The lowest BCUT2D eigenvalue weighted by atomic mass is 9.65. The summed E-state index contributed by atoms with van der Waals surface area (Å²) in [6, 6.07) is 0. The maximum absolute atomic E-state index is 11.8. The molecule has 0 aromatic carbocycles. The molecule has 0 amide bonds. The van der Waals surface area contributed by atoms with Crippen LogP contribution in [-0.2, 0) is 19.2 Å². The van der Waals surface area contributed by atoms with Crippen LogP contribution in [0.25, 0.3) is 0 Å². The Morgan fingerprint density at radius 2 is 1.32 bits per heavy atom. The van der Waals surface area contributed by atoms with Crippen molar-refractivity contribution >= 4 is 32.7 Å². The Labute approximate surface area is 162 Å². The fraction of sp³-hybridized carbons (Fsp3) is 0.750. The van der Waals surface area contributed by atoms with Crippen molar-refractivity contribution < 1.29 is 54.0 Å². The number of aliphatic carboxylic acids is 4. The highest BCUT2D eigenvalue weighted by Crippen LogP contribution is 2.44. The number of hydrogen-bond donors (Lipinski definition) is 7. The lowest BCUT2D eigenvalue weighted by Crippen LogP contribution is -2.50. The van der Waals surface area contributed by atoms with Crippen LogP contribution in [0.4, 0.5) is 0 Å². The molecule has 0 aromatic rings. The van der Waals surface area contributed by atoms with Crippen LogP contribution in [0.1, 0.15) is 40.5 Å². The van der Waals surface area contributed by atoms with Crippen LogP contribution in [-0.4, -0.2) is 67.5 Å². The van der Waals surface area contributed by atoms with Crippen molar-refractivity contribution in [1.82, 2.24) is 0 Å².